The lowest BCUT2D eigenvalue weighted by molar-refractivity contribution is 0.145. The predicted molar refractivity (Wildman–Crippen MR) is 51.2 cm³/mol. The fourth-order valence-electron chi connectivity index (χ4n) is 0.919. The Morgan fingerprint density at radius 3 is 2.71 bits per heavy atom. The summed E-state index contributed by atoms with van der Waals surface area (Å²) in [7, 11) is 0. The van der Waals surface area contributed by atoms with Crippen molar-refractivity contribution in [2.75, 3.05) is 0 Å². The van der Waals surface area contributed by atoms with E-state index in [2.05, 4.69) is 4.98 Å². The van der Waals surface area contributed by atoms with Crippen LogP contribution in [0.5, 0.6) is 0 Å². The van der Waals surface area contributed by atoms with Gasteiger partial charge in [-0.25, -0.2) is 13.2 Å². The van der Waals surface area contributed by atoms with Gasteiger partial charge in [-0.1, -0.05) is 0 Å². The van der Waals surface area contributed by atoms with Gasteiger partial charge >= 0.3 is 0 Å². The fourth-order valence-corrected chi connectivity index (χ4v) is 1.74. The van der Waals surface area contributed by atoms with Crippen LogP contribution >= 0.6 is 22.6 Å². The van der Waals surface area contributed by atoms with E-state index < -0.39 is 17.8 Å². The molecule has 0 saturated carbocycles. The molecule has 1 aromatic heterocycles. The van der Waals surface area contributed by atoms with Gasteiger partial charge in [0.2, 0.25) is 0 Å². The zero-order valence-electron chi connectivity index (χ0n) is 6.77. The Morgan fingerprint density at radius 2 is 2.21 bits per heavy atom. The highest BCUT2D eigenvalue weighted by Crippen LogP contribution is 2.28. The first kappa shape index (κ1) is 11.2. The Morgan fingerprint density at radius 1 is 1.57 bits per heavy atom. The molecule has 0 spiro atoms. The number of halogens is 4. The van der Waals surface area contributed by atoms with Crippen LogP contribution < -0.4 is 0 Å². The third kappa shape index (κ3) is 2.15. The zero-order chi connectivity index (χ0) is 10.7. The largest absolute Gasteiger partial charge is 0.267 e. The van der Waals surface area contributed by atoms with Crippen LogP contribution in [-0.4, -0.2) is 4.98 Å². The molecule has 1 rings (SSSR count). The lowest BCUT2D eigenvalue weighted by atomic mass is 10.2. The number of nitrogens with zero attached hydrogens (tertiary/aromatic N) is 2. The van der Waals surface area contributed by atoms with Crippen molar-refractivity contribution in [2.45, 2.75) is 12.8 Å². The monoisotopic (exact) mass is 312 g/mol. The molecule has 1 aromatic rings. The maximum atomic E-state index is 12.9. The molecule has 0 saturated heterocycles. The summed E-state index contributed by atoms with van der Waals surface area (Å²) in [5.74, 6) is -1.04. The SMILES string of the molecule is N#CCc1ncc(F)c(C(F)F)c1I. The first-order chi connectivity index (χ1) is 6.57. The third-order valence-corrected chi connectivity index (χ3v) is 2.75. The molecule has 0 atom stereocenters. The van der Waals surface area contributed by atoms with Crippen LogP contribution in [0.3, 0.4) is 0 Å². The van der Waals surface area contributed by atoms with Gasteiger partial charge in [-0.3, -0.25) is 4.98 Å². The highest BCUT2D eigenvalue weighted by Gasteiger charge is 2.20. The topological polar surface area (TPSA) is 36.7 Å². The minimum Gasteiger partial charge on any atom is -0.256 e. The molecule has 0 radical (unpaired) electrons. The van der Waals surface area contributed by atoms with Crippen LogP contribution in [0.1, 0.15) is 17.7 Å². The fraction of sp³-hybridized carbons (Fsp3) is 0.250. The molecule has 0 unspecified atom stereocenters. The first-order valence-corrected chi connectivity index (χ1v) is 4.63. The molecule has 0 fully saturated rings. The minimum atomic E-state index is -2.89. The molecule has 0 aliphatic heterocycles. The minimum absolute atomic E-state index is 0.0270. The lowest BCUT2D eigenvalue weighted by Crippen LogP contribution is -2.02. The van der Waals surface area contributed by atoms with E-state index in [1.165, 1.54) is 0 Å². The molecule has 0 aliphatic carbocycles. The van der Waals surface area contributed by atoms with Gasteiger partial charge in [0.25, 0.3) is 6.43 Å². The van der Waals surface area contributed by atoms with Crippen molar-refractivity contribution < 1.29 is 13.2 Å². The molecule has 6 heteroatoms. The van der Waals surface area contributed by atoms with Gasteiger partial charge in [-0.2, -0.15) is 5.26 Å². The maximum absolute atomic E-state index is 12.9. The van der Waals surface area contributed by atoms with Crippen LogP contribution in [0.2, 0.25) is 0 Å². The number of alkyl halides is 2. The second-order valence-corrected chi connectivity index (χ2v) is 3.49. The summed E-state index contributed by atoms with van der Waals surface area (Å²) in [6.45, 7) is 0. The Labute approximate surface area is 91.9 Å². The molecule has 0 bridgehead atoms. The third-order valence-electron chi connectivity index (χ3n) is 1.55. The first-order valence-electron chi connectivity index (χ1n) is 3.55. The average molecular weight is 312 g/mol. The van der Waals surface area contributed by atoms with Gasteiger partial charge in [0, 0.05) is 3.57 Å². The van der Waals surface area contributed by atoms with Gasteiger partial charge in [-0.05, 0) is 22.6 Å². The number of hydrogen-bond acceptors (Lipinski definition) is 2. The molecule has 74 valence electrons. The van der Waals surface area contributed by atoms with Gasteiger partial charge in [0.05, 0.1) is 29.9 Å². The number of nitriles is 1. The second-order valence-electron chi connectivity index (χ2n) is 2.42. The summed E-state index contributed by atoms with van der Waals surface area (Å²) < 4.78 is 37.6. The summed E-state index contributed by atoms with van der Waals surface area (Å²) in [5, 5.41) is 8.37. The maximum Gasteiger partial charge on any atom is 0.267 e. The molecular formula is C8H4F3IN2. The van der Waals surface area contributed by atoms with E-state index in [0.29, 0.717) is 0 Å². The Kier molecular flexibility index (Phi) is 3.69. The van der Waals surface area contributed by atoms with Crippen molar-refractivity contribution in [2.24, 2.45) is 0 Å². The summed E-state index contributed by atoms with van der Waals surface area (Å²) in [6.07, 6.45) is -2.27. The molecule has 0 N–H and O–H groups in total. The van der Waals surface area contributed by atoms with E-state index in [0.717, 1.165) is 6.20 Å². The van der Waals surface area contributed by atoms with Crippen molar-refractivity contribution in [3.05, 3.63) is 26.8 Å². The van der Waals surface area contributed by atoms with Crippen LogP contribution in [-0.2, 0) is 6.42 Å². The van der Waals surface area contributed by atoms with Crippen LogP contribution in [0.25, 0.3) is 0 Å². The van der Waals surface area contributed by atoms with Gasteiger partial charge in [-0.15, -0.1) is 0 Å². The number of hydrogen-bond donors (Lipinski definition) is 0. The Bertz CT molecular complexity index is 387. The Balaban J connectivity index is 3.28. The number of aromatic nitrogens is 1. The van der Waals surface area contributed by atoms with Crippen molar-refractivity contribution >= 4 is 22.6 Å². The summed E-state index contributed by atoms with van der Waals surface area (Å²) >= 11 is 1.57. The van der Waals surface area contributed by atoms with E-state index >= 15 is 0 Å². The van der Waals surface area contributed by atoms with Crippen molar-refractivity contribution in [3.8, 4) is 6.07 Å². The van der Waals surface area contributed by atoms with E-state index in [-0.39, 0.29) is 15.7 Å². The smallest absolute Gasteiger partial charge is 0.256 e. The van der Waals surface area contributed by atoms with Gasteiger partial charge in [0.1, 0.15) is 0 Å². The summed E-state index contributed by atoms with van der Waals surface area (Å²) in [5.41, 5.74) is -0.490. The molecular weight excluding hydrogens is 308 g/mol. The average Bonchev–Trinajstić information content (AvgIpc) is 2.10. The lowest BCUT2D eigenvalue weighted by Gasteiger charge is -2.06. The van der Waals surface area contributed by atoms with Crippen LogP contribution in [0.4, 0.5) is 13.2 Å². The highest BCUT2D eigenvalue weighted by atomic mass is 127. The van der Waals surface area contributed by atoms with E-state index in [1.54, 1.807) is 28.7 Å². The van der Waals surface area contributed by atoms with E-state index in [9.17, 15) is 13.2 Å². The summed E-state index contributed by atoms with van der Waals surface area (Å²) in [4.78, 5) is 3.57. The van der Waals surface area contributed by atoms with Crippen LogP contribution in [0.15, 0.2) is 6.20 Å². The molecule has 1 heterocycles. The van der Waals surface area contributed by atoms with E-state index in [4.69, 9.17) is 5.26 Å². The number of rotatable bonds is 2. The zero-order valence-corrected chi connectivity index (χ0v) is 8.93. The second kappa shape index (κ2) is 4.59. The molecule has 2 nitrogen and oxygen atoms in total. The Hall–Kier alpha value is -0.840. The van der Waals surface area contributed by atoms with Crippen molar-refractivity contribution in [3.63, 3.8) is 0 Å². The van der Waals surface area contributed by atoms with Gasteiger partial charge < -0.3 is 0 Å². The highest BCUT2D eigenvalue weighted by molar-refractivity contribution is 14.1. The quantitative estimate of drug-likeness (QED) is 0.788. The molecule has 0 aliphatic rings. The predicted octanol–water partition coefficient (Wildman–Crippen LogP) is 2.83. The van der Waals surface area contributed by atoms with Gasteiger partial charge in [0.15, 0.2) is 5.82 Å². The summed E-state index contributed by atoms with van der Waals surface area (Å²) in [6, 6.07) is 1.78. The normalized spacial score (nSPS) is 10.3. The van der Waals surface area contributed by atoms with Crippen molar-refractivity contribution in [1.29, 1.82) is 5.26 Å². The number of pyridine rings is 1. The van der Waals surface area contributed by atoms with Crippen molar-refractivity contribution in [1.82, 2.24) is 4.98 Å². The standard InChI is InChI=1S/C8H4F3IN2/c9-4-3-14-5(1-2-13)7(12)6(4)8(10)11/h3,8H,1H2. The molecule has 0 aromatic carbocycles. The molecule has 14 heavy (non-hydrogen) atoms. The van der Waals surface area contributed by atoms with Crippen LogP contribution in [0, 0.1) is 20.7 Å². The van der Waals surface area contributed by atoms with E-state index in [1.807, 2.05) is 0 Å². The molecule has 0 amide bonds.